The van der Waals surface area contributed by atoms with Crippen LogP contribution in [-0.4, -0.2) is 29.2 Å². The summed E-state index contributed by atoms with van der Waals surface area (Å²) in [7, 11) is 0. The summed E-state index contributed by atoms with van der Waals surface area (Å²) in [6.07, 6.45) is 1.37. The molecule has 0 bridgehead atoms. The SMILES string of the molecule is CCCN1CCC(O)C1c1ccc(F)cc1Cl. The Morgan fingerprint density at radius 3 is 2.94 bits per heavy atom. The molecule has 1 aliphatic heterocycles. The summed E-state index contributed by atoms with van der Waals surface area (Å²) in [5, 5.41) is 10.4. The van der Waals surface area contributed by atoms with E-state index in [0.29, 0.717) is 5.02 Å². The van der Waals surface area contributed by atoms with Gasteiger partial charge in [-0.1, -0.05) is 24.6 Å². The molecule has 0 saturated carbocycles. The number of nitrogens with zero attached hydrogens (tertiary/aromatic N) is 1. The zero-order chi connectivity index (χ0) is 12.4. The number of benzene rings is 1. The lowest BCUT2D eigenvalue weighted by Gasteiger charge is -2.26. The van der Waals surface area contributed by atoms with E-state index in [9.17, 15) is 9.50 Å². The van der Waals surface area contributed by atoms with Gasteiger partial charge >= 0.3 is 0 Å². The first-order valence-corrected chi connectivity index (χ1v) is 6.38. The van der Waals surface area contributed by atoms with Crippen LogP contribution in [0.3, 0.4) is 0 Å². The van der Waals surface area contributed by atoms with Crippen LogP contribution < -0.4 is 0 Å². The lowest BCUT2D eigenvalue weighted by Crippen LogP contribution is -2.28. The van der Waals surface area contributed by atoms with Gasteiger partial charge in [-0.15, -0.1) is 0 Å². The van der Waals surface area contributed by atoms with Gasteiger partial charge in [0.1, 0.15) is 5.82 Å². The molecule has 2 atom stereocenters. The molecular formula is C13H17ClFNO. The van der Waals surface area contributed by atoms with E-state index in [1.54, 1.807) is 6.07 Å². The van der Waals surface area contributed by atoms with Gasteiger partial charge in [-0.25, -0.2) is 4.39 Å². The van der Waals surface area contributed by atoms with Gasteiger partial charge in [-0.3, -0.25) is 4.90 Å². The quantitative estimate of drug-likeness (QED) is 0.900. The van der Waals surface area contributed by atoms with Crippen LogP contribution >= 0.6 is 11.6 Å². The molecule has 0 aromatic heterocycles. The number of likely N-dealkylation sites (tertiary alicyclic amines) is 1. The first-order valence-electron chi connectivity index (χ1n) is 6.00. The molecule has 2 rings (SSSR count). The Bertz CT molecular complexity index is 397. The minimum atomic E-state index is -0.412. The second-order valence-corrected chi connectivity index (χ2v) is 4.91. The van der Waals surface area contributed by atoms with Crippen molar-refractivity contribution >= 4 is 11.6 Å². The minimum Gasteiger partial charge on any atom is -0.391 e. The molecule has 94 valence electrons. The topological polar surface area (TPSA) is 23.5 Å². The van der Waals surface area contributed by atoms with Crippen LogP contribution in [0, 0.1) is 5.82 Å². The zero-order valence-corrected chi connectivity index (χ0v) is 10.6. The van der Waals surface area contributed by atoms with E-state index in [0.717, 1.165) is 31.5 Å². The average molecular weight is 258 g/mol. The second-order valence-electron chi connectivity index (χ2n) is 4.50. The van der Waals surface area contributed by atoms with Crippen molar-refractivity contribution in [2.75, 3.05) is 13.1 Å². The molecule has 17 heavy (non-hydrogen) atoms. The van der Waals surface area contributed by atoms with Gasteiger partial charge in [0, 0.05) is 11.6 Å². The summed E-state index contributed by atoms with van der Waals surface area (Å²) >= 11 is 6.06. The maximum absolute atomic E-state index is 13.0. The Balaban J connectivity index is 2.29. The Morgan fingerprint density at radius 1 is 1.53 bits per heavy atom. The molecule has 2 nitrogen and oxygen atoms in total. The smallest absolute Gasteiger partial charge is 0.124 e. The van der Waals surface area contributed by atoms with Crippen LogP contribution in [0.5, 0.6) is 0 Å². The third kappa shape index (κ3) is 2.62. The molecule has 1 aromatic carbocycles. The highest BCUT2D eigenvalue weighted by Gasteiger charge is 2.34. The Morgan fingerprint density at radius 2 is 2.29 bits per heavy atom. The first kappa shape index (κ1) is 12.8. The summed E-state index contributed by atoms with van der Waals surface area (Å²) in [5.74, 6) is -0.340. The molecule has 1 heterocycles. The van der Waals surface area contributed by atoms with Gasteiger partial charge in [-0.05, 0) is 37.1 Å². The highest BCUT2D eigenvalue weighted by atomic mass is 35.5. The van der Waals surface area contributed by atoms with Crippen molar-refractivity contribution in [3.8, 4) is 0 Å². The molecule has 2 unspecified atom stereocenters. The van der Waals surface area contributed by atoms with Gasteiger partial charge in [0.25, 0.3) is 0 Å². The van der Waals surface area contributed by atoms with Crippen LogP contribution in [0.4, 0.5) is 4.39 Å². The van der Waals surface area contributed by atoms with Gasteiger partial charge in [0.05, 0.1) is 12.1 Å². The molecule has 0 aliphatic carbocycles. The third-order valence-corrected chi connectivity index (χ3v) is 3.59. The number of aliphatic hydroxyl groups is 1. The normalized spacial score (nSPS) is 25.4. The van der Waals surface area contributed by atoms with Gasteiger partial charge < -0.3 is 5.11 Å². The minimum absolute atomic E-state index is 0.0944. The van der Waals surface area contributed by atoms with Crippen molar-refractivity contribution in [1.29, 1.82) is 0 Å². The van der Waals surface area contributed by atoms with Gasteiger partial charge in [-0.2, -0.15) is 0 Å². The van der Waals surface area contributed by atoms with E-state index in [2.05, 4.69) is 11.8 Å². The number of hydrogen-bond donors (Lipinski definition) is 1. The highest BCUT2D eigenvalue weighted by molar-refractivity contribution is 6.31. The largest absolute Gasteiger partial charge is 0.391 e. The summed E-state index contributed by atoms with van der Waals surface area (Å²) in [4.78, 5) is 2.21. The van der Waals surface area contributed by atoms with Crippen LogP contribution in [0.25, 0.3) is 0 Å². The van der Waals surface area contributed by atoms with E-state index in [-0.39, 0.29) is 11.9 Å². The van der Waals surface area contributed by atoms with Gasteiger partial charge in [0.2, 0.25) is 0 Å². The summed E-state index contributed by atoms with van der Waals surface area (Å²) in [6, 6.07) is 4.30. The standard InChI is InChI=1S/C13H17ClFNO/c1-2-6-16-7-5-12(17)13(16)10-4-3-9(15)8-11(10)14/h3-4,8,12-13,17H,2,5-7H2,1H3. The van der Waals surface area contributed by atoms with Gasteiger partial charge in [0.15, 0.2) is 0 Å². The van der Waals surface area contributed by atoms with Crippen molar-refractivity contribution in [3.63, 3.8) is 0 Å². The van der Waals surface area contributed by atoms with E-state index in [1.165, 1.54) is 12.1 Å². The van der Waals surface area contributed by atoms with Crippen molar-refractivity contribution in [3.05, 3.63) is 34.6 Å². The van der Waals surface area contributed by atoms with Crippen LogP contribution in [0.2, 0.25) is 5.02 Å². The molecule has 1 N–H and O–H groups in total. The van der Waals surface area contributed by atoms with Crippen molar-refractivity contribution < 1.29 is 9.50 Å². The molecule has 1 saturated heterocycles. The molecule has 1 aliphatic rings. The molecule has 1 fully saturated rings. The average Bonchev–Trinajstić information content (AvgIpc) is 2.62. The predicted molar refractivity (Wildman–Crippen MR) is 66.6 cm³/mol. The van der Waals surface area contributed by atoms with Crippen molar-refractivity contribution in [1.82, 2.24) is 4.90 Å². The van der Waals surface area contributed by atoms with Crippen LogP contribution in [0.15, 0.2) is 18.2 Å². The Labute approximate surface area is 106 Å². The third-order valence-electron chi connectivity index (χ3n) is 3.26. The van der Waals surface area contributed by atoms with E-state index < -0.39 is 6.10 Å². The molecule has 0 radical (unpaired) electrons. The van der Waals surface area contributed by atoms with E-state index in [4.69, 9.17) is 11.6 Å². The van der Waals surface area contributed by atoms with Crippen LogP contribution in [0.1, 0.15) is 31.4 Å². The molecular weight excluding hydrogens is 241 g/mol. The van der Waals surface area contributed by atoms with Crippen LogP contribution in [-0.2, 0) is 0 Å². The molecule has 4 heteroatoms. The zero-order valence-electron chi connectivity index (χ0n) is 9.87. The van der Waals surface area contributed by atoms with Crippen molar-refractivity contribution in [2.45, 2.75) is 31.9 Å². The van der Waals surface area contributed by atoms with Crippen molar-refractivity contribution in [2.24, 2.45) is 0 Å². The fourth-order valence-electron chi connectivity index (χ4n) is 2.52. The number of hydrogen-bond acceptors (Lipinski definition) is 2. The predicted octanol–water partition coefficient (Wildman–Crippen LogP) is 3.00. The lowest BCUT2D eigenvalue weighted by atomic mass is 10.0. The Hall–Kier alpha value is -0.640. The number of rotatable bonds is 3. The molecule has 0 amide bonds. The highest BCUT2D eigenvalue weighted by Crippen LogP contribution is 2.36. The maximum Gasteiger partial charge on any atom is 0.124 e. The lowest BCUT2D eigenvalue weighted by molar-refractivity contribution is 0.116. The van der Waals surface area contributed by atoms with E-state index in [1.807, 2.05) is 0 Å². The molecule has 0 spiro atoms. The number of aliphatic hydroxyl groups excluding tert-OH is 1. The number of halogens is 2. The second kappa shape index (κ2) is 5.34. The fraction of sp³-hybridized carbons (Fsp3) is 0.538. The molecule has 1 aromatic rings. The Kier molecular flexibility index (Phi) is 4.02. The van der Waals surface area contributed by atoms with E-state index >= 15 is 0 Å². The fourth-order valence-corrected chi connectivity index (χ4v) is 2.80. The monoisotopic (exact) mass is 257 g/mol. The first-order chi connectivity index (χ1) is 8.13. The summed E-state index contributed by atoms with van der Waals surface area (Å²) in [5.41, 5.74) is 0.825. The summed E-state index contributed by atoms with van der Waals surface area (Å²) < 4.78 is 13.0. The summed E-state index contributed by atoms with van der Waals surface area (Å²) in [6.45, 7) is 3.90. The maximum atomic E-state index is 13.0.